The minimum Gasteiger partial charge on any atom is -0.409 e. The zero-order valence-electron chi connectivity index (χ0n) is 8.88. The van der Waals surface area contributed by atoms with Crippen LogP contribution in [-0.4, -0.2) is 11.6 Å². The van der Waals surface area contributed by atoms with Crippen LogP contribution in [0.3, 0.4) is 0 Å². The first-order chi connectivity index (χ1) is 6.37. The van der Waals surface area contributed by atoms with E-state index in [1.54, 1.807) is 11.3 Å². The van der Waals surface area contributed by atoms with Crippen molar-refractivity contribution in [3.05, 3.63) is 16.3 Å². The maximum atomic E-state index is 11.3. The highest BCUT2D eigenvalue weighted by molar-refractivity contribution is 7.10. The van der Waals surface area contributed by atoms with Crippen molar-refractivity contribution in [1.82, 2.24) is 5.32 Å². The number of carbonyl (C=O) groups is 1. The predicted molar refractivity (Wildman–Crippen MR) is 58.0 cm³/mol. The number of carbonyl (C=O) groups excluding carboxylic acids is 1. The lowest BCUT2D eigenvalue weighted by atomic mass is 10.1. The van der Waals surface area contributed by atoms with Crippen LogP contribution >= 0.6 is 11.3 Å². The number of amides is 1. The predicted octanol–water partition coefficient (Wildman–Crippen LogP) is 2.94. The molecular formula is C10H15NO2S. The van der Waals surface area contributed by atoms with Crippen LogP contribution in [0.1, 0.15) is 25.6 Å². The second-order valence-corrected chi connectivity index (χ2v) is 5.27. The van der Waals surface area contributed by atoms with E-state index in [1.165, 1.54) is 0 Å². The van der Waals surface area contributed by atoms with Gasteiger partial charge in [0.2, 0.25) is 0 Å². The van der Waals surface area contributed by atoms with Gasteiger partial charge in [-0.15, -0.1) is 11.3 Å². The van der Waals surface area contributed by atoms with E-state index in [9.17, 15) is 4.79 Å². The lowest BCUT2D eigenvalue weighted by Crippen LogP contribution is -2.42. The van der Waals surface area contributed by atoms with Gasteiger partial charge in [0.15, 0.2) is 0 Å². The summed E-state index contributed by atoms with van der Waals surface area (Å²) in [6.07, 6.45) is -0.407. The van der Waals surface area contributed by atoms with Crippen molar-refractivity contribution in [3.63, 3.8) is 0 Å². The van der Waals surface area contributed by atoms with Crippen molar-refractivity contribution in [2.45, 2.75) is 33.2 Å². The van der Waals surface area contributed by atoms with Gasteiger partial charge in [0, 0.05) is 15.8 Å². The molecule has 0 aliphatic heterocycles. The van der Waals surface area contributed by atoms with Crippen molar-refractivity contribution < 1.29 is 9.53 Å². The van der Waals surface area contributed by atoms with Crippen LogP contribution < -0.4 is 10.1 Å². The molecule has 3 nitrogen and oxygen atoms in total. The molecule has 1 aromatic rings. The first-order valence-corrected chi connectivity index (χ1v) is 5.30. The monoisotopic (exact) mass is 213 g/mol. The fourth-order valence-corrected chi connectivity index (χ4v) is 1.51. The average molecular weight is 213 g/mol. The molecule has 0 spiro atoms. The van der Waals surface area contributed by atoms with Crippen LogP contribution in [0.25, 0.3) is 0 Å². The molecule has 1 N–H and O–H groups in total. The van der Waals surface area contributed by atoms with Crippen molar-refractivity contribution in [2.75, 3.05) is 0 Å². The third-order valence-corrected chi connectivity index (χ3v) is 2.23. The Hall–Kier alpha value is -1.03. The Bertz CT molecular complexity index is 325. The summed E-state index contributed by atoms with van der Waals surface area (Å²) in [5.41, 5.74) is -0.262. The van der Waals surface area contributed by atoms with E-state index in [4.69, 9.17) is 4.74 Å². The lowest BCUT2D eigenvalue weighted by molar-refractivity contribution is 0.191. The van der Waals surface area contributed by atoms with Gasteiger partial charge < -0.3 is 10.1 Å². The molecule has 1 amide bonds. The van der Waals surface area contributed by atoms with E-state index in [2.05, 4.69) is 5.32 Å². The SMILES string of the molecule is Cc1cc(OC(=O)NC(C)(C)C)cs1. The summed E-state index contributed by atoms with van der Waals surface area (Å²) >= 11 is 1.56. The molecule has 14 heavy (non-hydrogen) atoms. The summed E-state index contributed by atoms with van der Waals surface area (Å²) in [6.45, 7) is 7.70. The van der Waals surface area contributed by atoms with Gasteiger partial charge in [0.25, 0.3) is 0 Å². The molecule has 0 fully saturated rings. The van der Waals surface area contributed by atoms with Crippen molar-refractivity contribution >= 4 is 17.4 Å². The maximum absolute atomic E-state index is 11.3. The molecule has 0 bridgehead atoms. The highest BCUT2D eigenvalue weighted by Gasteiger charge is 2.15. The normalized spacial score (nSPS) is 11.1. The van der Waals surface area contributed by atoms with E-state index in [0.29, 0.717) is 5.75 Å². The highest BCUT2D eigenvalue weighted by atomic mass is 32.1. The molecule has 4 heteroatoms. The van der Waals surface area contributed by atoms with Gasteiger partial charge in [0.1, 0.15) is 5.75 Å². The molecule has 0 unspecified atom stereocenters. The summed E-state index contributed by atoms with van der Waals surface area (Å²) in [5.74, 6) is 0.606. The molecule has 0 atom stereocenters. The average Bonchev–Trinajstić information content (AvgIpc) is 2.30. The topological polar surface area (TPSA) is 38.3 Å². The van der Waals surface area contributed by atoms with Crippen molar-refractivity contribution in [2.24, 2.45) is 0 Å². The Morgan fingerprint density at radius 2 is 2.14 bits per heavy atom. The third kappa shape index (κ3) is 3.79. The summed E-state index contributed by atoms with van der Waals surface area (Å²) in [5, 5.41) is 4.54. The van der Waals surface area contributed by atoms with Crippen LogP contribution in [0.5, 0.6) is 5.75 Å². The number of nitrogens with one attached hydrogen (secondary N) is 1. The maximum Gasteiger partial charge on any atom is 0.413 e. The van der Waals surface area contributed by atoms with Gasteiger partial charge in [-0.1, -0.05) is 0 Å². The number of aryl methyl sites for hydroxylation is 1. The molecule has 0 radical (unpaired) electrons. The standard InChI is InChI=1S/C10H15NO2S/c1-7-5-8(6-14-7)13-9(12)11-10(2,3)4/h5-6H,1-4H3,(H,11,12). The van der Waals surface area contributed by atoms with E-state index < -0.39 is 6.09 Å². The van der Waals surface area contributed by atoms with Gasteiger partial charge >= 0.3 is 6.09 Å². The van der Waals surface area contributed by atoms with Gasteiger partial charge in [-0.25, -0.2) is 4.79 Å². The number of thiophene rings is 1. The van der Waals surface area contributed by atoms with Gasteiger partial charge in [-0.05, 0) is 33.8 Å². The first kappa shape index (κ1) is 11.0. The molecule has 0 aromatic carbocycles. The minimum atomic E-state index is -0.407. The van der Waals surface area contributed by atoms with Crippen LogP contribution in [0.4, 0.5) is 4.79 Å². The molecule has 1 rings (SSSR count). The molecule has 0 aliphatic carbocycles. The summed E-state index contributed by atoms with van der Waals surface area (Å²) in [6, 6.07) is 1.84. The Kier molecular flexibility index (Phi) is 3.16. The van der Waals surface area contributed by atoms with Crippen molar-refractivity contribution in [1.29, 1.82) is 0 Å². The molecule has 1 heterocycles. The minimum absolute atomic E-state index is 0.262. The number of rotatable bonds is 1. The van der Waals surface area contributed by atoms with E-state index >= 15 is 0 Å². The molecule has 78 valence electrons. The van der Waals surface area contributed by atoms with Crippen molar-refractivity contribution in [3.8, 4) is 5.75 Å². The second kappa shape index (κ2) is 4.00. The van der Waals surface area contributed by atoms with Gasteiger partial charge in [-0.2, -0.15) is 0 Å². The van der Waals surface area contributed by atoms with Crippen LogP contribution in [-0.2, 0) is 0 Å². The summed E-state index contributed by atoms with van der Waals surface area (Å²) < 4.78 is 5.07. The molecule has 0 saturated heterocycles. The van der Waals surface area contributed by atoms with Crippen LogP contribution in [0, 0.1) is 6.92 Å². The van der Waals surface area contributed by atoms with Gasteiger partial charge in [0.05, 0.1) is 0 Å². The van der Waals surface area contributed by atoms with Crippen LogP contribution in [0.15, 0.2) is 11.4 Å². The van der Waals surface area contributed by atoms with E-state index in [0.717, 1.165) is 4.88 Å². The smallest absolute Gasteiger partial charge is 0.409 e. The van der Waals surface area contributed by atoms with Gasteiger partial charge in [-0.3, -0.25) is 0 Å². The molecular weight excluding hydrogens is 198 g/mol. The third-order valence-electron chi connectivity index (χ3n) is 1.39. The molecule has 1 aromatic heterocycles. The quantitative estimate of drug-likeness (QED) is 0.779. The largest absolute Gasteiger partial charge is 0.413 e. The number of ether oxygens (including phenoxy) is 1. The number of hydrogen-bond donors (Lipinski definition) is 1. The summed E-state index contributed by atoms with van der Waals surface area (Å²) in [4.78, 5) is 12.4. The van der Waals surface area contributed by atoms with Crippen LogP contribution in [0.2, 0.25) is 0 Å². The Balaban J connectivity index is 2.50. The highest BCUT2D eigenvalue weighted by Crippen LogP contribution is 2.20. The Labute approximate surface area is 88.1 Å². The fraction of sp³-hybridized carbons (Fsp3) is 0.500. The Morgan fingerprint density at radius 1 is 1.50 bits per heavy atom. The van der Waals surface area contributed by atoms with E-state index in [1.807, 2.05) is 39.1 Å². The Morgan fingerprint density at radius 3 is 2.57 bits per heavy atom. The first-order valence-electron chi connectivity index (χ1n) is 4.42. The lowest BCUT2D eigenvalue weighted by Gasteiger charge is -2.19. The zero-order chi connectivity index (χ0) is 10.8. The second-order valence-electron chi connectivity index (χ2n) is 4.16. The summed E-state index contributed by atoms with van der Waals surface area (Å²) in [7, 11) is 0. The zero-order valence-corrected chi connectivity index (χ0v) is 9.70. The molecule has 0 saturated carbocycles. The molecule has 0 aliphatic rings. The van der Waals surface area contributed by atoms with E-state index in [-0.39, 0.29) is 5.54 Å². The fourth-order valence-electron chi connectivity index (χ4n) is 0.912. The number of hydrogen-bond acceptors (Lipinski definition) is 3.